The Bertz CT molecular complexity index is 408. The van der Waals surface area contributed by atoms with Crippen molar-refractivity contribution >= 4 is 0 Å². The Morgan fingerprint density at radius 2 is 2.12 bits per heavy atom. The lowest BCUT2D eigenvalue weighted by Crippen LogP contribution is -2.53. The molecule has 3 nitrogen and oxygen atoms in total. The van der Waals surface area contributed by atoms with Gasteiger partial charge in [-0.2, -0.15) is 5.26 Å². The summed E-state index contributed by atoms with van der Waals surface area (Å²) in [6, 6.07) is 12.4. The van der Waals surface area contributed by atoms with Crippen LogP contribution in [0.5, 0.6) is 0 Å². The summed E-state index contributed by atoms with van der Waals surface area (Å²) in [6.07, 6.45) is 0.0811. The van der Waals surface area contributed by atoms with Crippen LogP contribution >= 0.6 is 0 Å². The van der Waals surface area contributed by atoms with E-state index < -0.39 is 0 Å². The smallest absolute Gasteiger partial charge is 0.0953 e. The molecule has 1 unspecified atom stereocenters. The molecule has 0 bridgehead atoms. The number of rotatable bonds is 2. The molecule has 0 spiro atoms. The normalized spacial score (nSPS) is 24.2. The van der Waals surface area contributed by atoms with E-state index >= 15 is 0 Å². The Morgan fingerprint density at radius 1 is 1.41 bits per heavy atom. The van der Waals surface area contributed by atoms with E-state index in [1.807, 2.05) is 18.2 Å². The van der Waals surface area contributed by atoms with Crippen LogP contribution in [0.1, 0.15) is 25.5 Å². The molecular weight excluding hydrogens is 212 g/mol. The summed E-state index contributed by atoms with van der Waals surface area (Å²) in [6.45, 7) is 6.13. The predicted octanol–water partition coefficient (Wildman–Crippen LogP) is 2.36. The van der Waals surface area contributed by atoms with E-state index in [4.69, 9.17) is 10.00 Å². The molecule has 0 N–H and O–H groups in total. The zero-order valence-corrected chi connectivity index (χ0v) is 10.4. The van der Waals surface area contributed by atoms with E-state index in [0.29, 0.717) is 13.2 Å². The van der Waals surface area contributed by atoms with E-state index in [2.05, 4.69) is 36.9 Å². The number of morpholine rings is 1. The number of hydrogen-bond donors (Lipinski definition) is 0. The van der Waals surface area contributed by atoms with Crippen molar-refractivity contribution in [3.8, 4) is 6.07 Å². The highest BCUT2D eigenvalue weighted by Crippen LogP contribution is 2.29. The zero-order valence-electron chi connectivity index (χ0n) is 10.4. The van der Waals surface area contributed by atoms with Gasteiger partial charge in [0.1, 0.15) is 0 Å². The van der Waals surface area contributed by atoms with Crippen LogP contribution in [0.15, 0.2) is 30.3 Å². The van der Waals surface area contributed by atoms with Gasteiger partial charge in [-0.25, -0.2) is 0 Å². The quantitative estimate of drug-likeness (QED) is 0.732. The summed E-state index contributed by atoms with van der Waals surface area (Å²) in [5.41, 5.74) is 1.13. The SMILES string of the molecule is CC1(C)COC(c2ccccc2)CN1CC#N. The van der Waals surface area contributed by atoms with Crippen LogP contribution in [0.3, 0.4) is 0 Å². The van der Waals surface area contributed by atoms with E-state index in [9.17, 15) is 0 Å². The Morgan fingerprint density at radius 3 is 2.76 bits per heavy atom. The van der Waals surface area contributed by atoms with Gasteiger partial charge in [-0.05, 0) is 19.4 Å². The van der Waals surface area contributed by atoms with E-state index in [0.717, 1.165) is 6.54 Å². The molecule has 1 aromatic rings. The minimum Gasteiger partial charge on any atom is -0.370 e. The van der Waals surface area contributed by atoms with Crippen LogP contribution < -0.4 is 0 Å². The van der Waals surface area contributed by atoms with Crippen molar-refractivity contribution in [3.63, 3.8) is 0 Å². The highest BCUT2D eigenvalue weighted by Gasteiger charge is 2.35. The lowest BCUT2D eigenvalue weighted by molar-refractivity contribution is -0.0953. The van der Waals surface area contributed by atoms with Crippen molar-refractivity contribution in [1.29, 1.82) is 5.26 Å². The van der Waals surface area contributed by atoms with Gasteiger partial charge in [0.05, 0.1) is 25.3 Å². The average Bonchev–Trinajstić information content (AvgIpc) is 2.33. The van der Waals surface area contributed by atoms with Gasteiger partial charge in [-0.1, -0.05) is 30.3 Å². The first-order valence-corrected chi connectivity index (χ1v) is 5.92. The summed E-state index contributed by atoms with van der Waals surface area (Å²) in [5, 5.41) is 8.88. The summed E-state index contributed by atoms with van der Waals surface area (Å²) >= 11 is 0. The maximum atomic E-state index is 8.88. The maximum absolute atomic E-state index is 8.88. The van der Waals surface area contributed by atoms with Crippen molar-refractivity contribution < 1.29 is 4.74 Å². The second-order valence-electron chi connectivity index (χ2n) is 5.06. The molecule has 0 aromatic heterocycles. The van der Waals surface area contributed by atoms with Gasteiger partial charge in [0.15, 0.2) is 0 Å². The molecule has 1 aromatic carbocycles. The highest BCUT2D eigenvalue weighted by molar-refractivity contribution is 5.19. The lowest BCUT2D eigenvalue weighted by Gasteiger charge is -2.44. The van der Waals surface area contributed by atoms with E-state index in [1.54, 1.807) is 0 Å². The van der Waals surface area contributed by atoms with Gasteiger partial charge in [0.25, 0.3) is 0 Å². The molecule has 90 valence electrons. The minimum atomic E-state index is -0.0546. The molecule has 1 atom stereocenters. The average molecular weight is 230 g/mol. The van der Waals surface area contributed by atoms with Gasteiger partial charge in [-0.3, -0.25) is 4.90 Å². The van der Waals surface area contributed by atoms with Crippen LogP contribution in [-0.2, 0) is 4.74 Å². The first-order chi connectivity index (χ1) is 8.13. The number of hydrogen-bond acceptors (Lipinski definition) is 3. The van der Waals surface area contributed by atoms with E-state index in [-0.39, 0.29) is 11.6 Å². The van der Waals surface area contributed by atoms with Gasteiger partial charge >= 0.3 is 0 Å². The molecule has 1 fully saturated rings. The van der Waals surface area contributed by atoms with Crippen LogP contribution in [0.2, 0.25) is 0 Å². The number of nitrogens with zero attached hydrogens (tertiary/aromatic N) is 2. The highest BCUT2D eigenvalue weighted by atomic mass is 16.5. The molecule has 0 radical (unpaired) electrons. The van der Waals surface area contributed by atoms with Gasteiger partial charge in [0, 0.05) is 12.1 Å². The van der Waals surface area contributed by atoms with Crippen molar-refractivity contribution in [2.24, 2.45) is 0 Å². The molecule has 0 amide bonds. The third-order valence-electron chi connectivity index (χ3n) is 3.31. The molecule has 2 rings (SSSR count). The minimum absolute atomic E-state index is 0.0546. The largest absolute Gasteiger partial charge is 0.370 e. The molecule has 1 saturated heterocycles. The fourth-order valence-corrected chi connectivity index (χ4v) is 2.13. The second-order valence-corrected chi connectivity index (χ2v) is 5.06. The number of benzene rings is 1. The fraction of sp³-hybridized carbons (Fsp3) is 0.500. The molecular formula is C14H18N2O. The maximum Gasteiger partial charge on any atom is 0.0953 e. The van der Waals surface area contributed by atoms with Gasteiger partial charge in [-0.15, -0.1) is 0 Å². The standard InChI is InChI=1S/C14H18N2O/c1-14(2)11-17-13(10-16(14)9-8-15)12-6-4-3-5-7-12/h3-7,13H,9-11H2,1-2H3. The fourth-order valence-electron chi connectivity index (χ4n) is 2.13. The first-order valence-electron chi connectivity index (χ1n) is 5.92. The number of ether oxygens (including phenoxy) is 1. The summed E-state index contributed by atoms with van der Waals surface area (Å²) in [4.78, 5) is 2.19. The summed E-state index contributed by atoms with van der Waals surface area (Å²) in [7, 11) is 0. The van der Waals surface area contributed by atoms with Crippen LogP contribution in [0, 0.1) is 11.3 Å². The number of nitriles is 1. The van der Waals surface area contributed by atoms with Crippen molar-refractivity contribution in [2.75, 3.05) is 19.7 Å². The Labute approximate surface area is 103 Å². The van der Waals surface area contributed by atoms with Crippen LogP contribution in [0.25, 0.3) is 0 Å². The topological polar surface area (TPSA) is 36.3 Å². The zero-order chi connectivity index (χ0) is 12.3. The third kappa shape index (κ3) is 2.66. The van der Waals surface area contributed by atoms with Gasteiger partial charge in [0.2, 0.25) is 0 Å². The Kier molecular flexibility index (Phi) is 3.46. The monoisotopic (exact) mass is 230 g/mol. The molecule has 3 heteroatoms. The molecule has 1 aliphatic heterocycles. The van der Waals surface area contributed by atoms with Crippen molar-refractivity contribution in [2.45, 2.75) is 25.5 Å². The van der Waals surface area contributed by atoms with Crippen LogP contribution in [0.4, 0.5) is 0 Å². The Balaban J connectivity index is 2.12. The second kappa shape index (κ2) is 4.87. The first kappa shape index (κ1) is 12.1. The van der Waals surface area contributed by atoms with E-state index in [1.165, 1.54) is 5.56 Å². The van der Waals surface area contributed by atoms with Crippen molar-refractivity contribution in [3.05, 3.63) is 35.9 Å². The van der Waals surface area contributed by atoms with Crippen molar-refractivity contribution in [1.82, 2.24) is 4.90 Å². The summed E-state index contributed by atoms with van der Waals surface area (Å²) in [5.74, 6) is 0. The van der Waals surface area contributed by atoms with Crippen LogP contribution in [-0.4, -0.2) is 30.1 Å². The Hall–Kier alpha value is -1.37. The molecule has 17 heavy (non-hydrogen) atoms. The lowest BCUT2D eigenvalue weighted by atomic mass is 9.98. The molecule has 1 aliphatic rings. The third-order valence-corrected chi connectivity index (χ3v) is 3.31. The molecule has 1 heterocycles. The summed E-state index contributed by atoms with van der Waals surface area (Å²) < 4.78 is 5.90. The van der Waals surface area contributed by atoms with Gasteiger partial charge < -0.3 is 4.74 Å². The molecule has 0 saturated carbocycles. The predicted molar refractivity (Wildman–Crippen MR) is 66.4 cm³/mol. The molecule has 0 aliphatic carbocycles.